The summed E-state index contributed by atoms with van der Waals surface area (Å²) in [4.78, 5) is 12.8. The zero-order valence-electron chi connectivity index (χ0n) is 16.5. The van der Waals surface area contributed by atoms with Gasteiger partial charge in [0.25, 0.3) is 0 Å². The van der Waals surface area contributed by atoms with Gasteiger partial charge < -0.3 is 29.1 Å². The molecule has 0 amide bonds. The number of ether oxygens (including phenoxy) is 3. The van der Waals surface area contributed by atoms with E-state index in [1.165, 1.54) is 25.5 Å². The van der Waals surface area contributed by atoms with Crippen molar-refractivity contribution in [3.05, 3.63) is 94.0 Å². The third kappa shape index (κ3) is 4.45. The molecule has 0 spiro atoms. The van der Waals surface area contributed by atoms with Crippen LogP contribution in [0.1, 0.15) is 5.56 Å². The average molecular weight is 420 g/mol. The fourth-order valence-corrected chi connectivity index (χ4v) is 2.96. The van der Waals surface area contributed by atoms with E-state index in [1.807, 2.05) is 0 Å². The molecule has 0 saturated heterocycles. The first-order chi connectivity index (χ1) is 15.0. The molecule has 4 rings (SSSR count). The lowest BCUT2D eigenvalue weighted by Gasteiger charge is -2.21. The number of para-hydroxylation sites is 2. The smallest absolute Gasteiger partial charge is 0.235 e. The maximum atomic E-state index is 12.8. The Bertz CT molecular complexity index is 1250. The molecule has 1 N–H and O–H groups in total. The van der Waals surface area contributed by atoms with E-state index in [-0.39, 0.29) is 28.7 Å². The Morgan fingerprint density at radius 1 is 1.00 bits per heavy atom. The molecule has 0 saturated carbocycles. The second-order valence-electron chi connectivity index (χ2n) is 6.57. The van der Waals surface area contributed by atoms with Crippen molar-refractivity contribution in [3.63, 3.8) is 0 Å². The molecule has 158 valence electrons. The minimum atomic E-state index is -0.319. The summed E-state index contributed by atoms with van der Waals surface area (Å²) in [5.41, 5.74) is 0.961. The van der Waals surface area contributed by atoms with Crippen LogP contribution in [0.3, 0.4) is 0 Å². The van der Waals surface area contributed by atoms with Gasteiger partial charge in [-0.05, 0) is 42.0 Å². The van der Waals surface area contributed by atoms with E-state index in [2.05, 4.69) is 0 Å². The first kappa shape index (κ1) is 20.3. The van der Waals surface area contributed by atoms with Gasteiger partial charge in [0.2, 0.25) is 11.2 Å². The van der Waals surface area contributed by atoms with Crippen LogP contribution in [0.2, 0.25) is 0 Å². The van der Waals surface area contributed by atoms with Crippen LogP contribution in [-0.4, -0.2) is 12.3 Å². The monoisotopic (exact) mass is 420 g/mol. The van der Waals surface area contributed by atoms with Crippen molar-refractivity contribution in [3.8, 4) is 23.0 Å². The minimum absolute atomic E-state index is 0.0436. The average Bonchev–Trinajstić information content (AvgIpc) is 2.80. The lowest BCUT2D eigenvalue weighted by molar-refractivity contribution is 0.295. The summed E-state index contributed by atoms with van der Waals surface area (Å²) in [5.74, 6) is 1.46. The fraction of sp³-hybridized carbons (Fsp3) is 0.0870. The molecule has 0 radical (unpaired) electrons. The van der Waals surface area contributed by atoms with Crippen molar-refractivity contribution in [1.82, 2.24) is 0 Å². The maximum absolute atomic E-state index is 12.8. The van der Waals surface area contributed by atoms with Crippen molar-refractivity contribution in [1.29, 1.82) is 0 Å². The van der Waals surface area contributed by atoms with Crippen molar-refractivity contribution in [2.24, 2.45) is 0 Å². The predicted molar refractivity (Wildman–Crippen MR) is 114 cm³/mol. The van der Waals surface area contributed by atoms with Crippen molar-refractivity contribution < 1.29 is 23.8 Å². The summed E-state index contributed by atoms with van der Waals surface area (Å²) in [6, 6.07) is 18.2. The Labute approximate surface area is 177 Å². The van der Waals surface area contributed by atoms with Crippen LogP contribution in [0.5, 0.6) is 23.0 Å². The molecule has 1 aromatic heterocycles. The second-order valence-corrected chi connectivity index (χ2v) is 6.57. The van der Waals surface area contributed by atoms with Crippen molar-refractivity contribution in [2.45, 2.75) is 6.61 Å². The Kier molecular flexibility index (Phi) is 5.74. The molecule has 1 heterocycles. The number of hydrogen-bond acceptors (Lipinski definition) is 8. The summed E-state index contributed by atoms with van der Waals surface area (Å²) >= 11 is 0. The van der Waals surface area contributed by atoms with Crippen LogP contribution in [0.25, 0.3) is 11.0 Å². The summed E-state index contributed by atoms with van der Waals surface area (Å²) in [6.07, 6.45) is 1.25. The topological polar surface area (TPSA) is 104 Å². The van der Waals surface area contributed by atoms with E-state index in [9.17, 15) is 10.0 Å². The molecular formula is C23H18NO7-. The van der Waals surface area contributed by atoms with Gasteiger partial charge >= 0.3 is 0 Å². The van der Waals surface area contributed by atoms with Gasteiger partial charge in [0.1, 0.15) is 24.2 Å². The van der Waals surface area contributed by atoms with Crippen LogP contribution in [0, 0.1) is 5.21 Å². The molecule has 4 aromatic rings. The van der Waals surface area contributed by atoms with E-state index in [0.717, 1.165) is 5.56 Å². The van der Waals surface area contributed by atoms with Crippen LogP contribution in [0.15, 0.2) is 82.2 Å². The van der Waals surface area contributed by atoms with Gasteiger partial charge in [-0.3, -0.25) is 10.0 Å². The number of benzene rings is 3. The highest BCUT2D eigenvalue weighted by molar-refractivity contribution is 5.79. The third-order valence-corrected chi connectivity index (χ3v) is 4.57. The molecule has 0 bridgehead atoms. The lowest BCUT2D eigenvalue weighted by atomic mass is 10.2. The quantitative estimate of drug-likeness (QED) is 0.423. The van der Waals surface area contributed by atoms with Crippen molar-refractivity contribution in [2.75, 3.05) is 12.3 Å². The Hall–Kier alpha value is -4.01. The fourth-order valence-electron chi connectivity index (χ4n) is 2.96. The normalized spacial score (nSPS) is 10.7. The van der Waals surface area contributed by atoms with Crippen LogP contribution >= 0.6 is 0 Å². The Balaban J connectivity index is 1.52. The van der Waals surface area contributed by atoms with E-state index < -0.39 is 0 Å². The molecular weight excluding hydrogens is 402 g/mol. The van der Waals surface area contributed by atoms with E-state index >= 15 is 0 Å². The largest absolute Gasteiger partial charge is 0.733 e. The highest BCUT2D eigenvalue weighted by Gasteiger charge is 2.12. The van der Waals surface area contributed by atoms with Gasteiger partial charge in [-0.15, -0.1) is 0 Å². The molecule has 3 aromatic carbocycles. The standard InChI is InChI=1S/C23H18NO7/c1-28-19-4-2-3-5-20(19)31-22-14-30-21-12-17(10-11-18(21)23(22)25)29-13-15-6-8-16(9-7-15)24(26)27/h2-12,14,26H,13H2,1H3/q-1. The number of rotatable bonds is 7. The number of fused-ring (bicyclic) bond motifs is 1. The highest BCUT2D eigenvalue weighted by atomic mass is 16.8. The molecule has 0 aliphatic carbocycles. The number of methoxy groups -OCH3 is 1. The zero-order chi connectivity index (χ0) is 21.8. The molecule has 0 aliphatic heterocycles. The first-order valence-corrected chi connectivity index (χ1v) is 9.29. The molecule has 0 fully saturated rings. The predicted octanol–water partition coefficient (Wildman–Crippen LogP) is 4.87. The lowest BCUT2D eigenvalue weighted by Crippen LogP contribution is -2.07. The van der Waals surface area contributed by atoms with Crippen molar-refractivity contribution >= 4 is 16.7 Å². The van der Waals surface area contributed by atoms with E-state index in [1.54, 1.807) is 54.6 Å². The zero-order valence-corrected chi connectivity index (χ0v) is 16.5. The van der Waals surface area contributed by atoms with Crippen LogP contribution in [-0.2, 0) is 6.61 Å². The second kappa shape index (κ2) is 8.78. The van der Waals surface area contributed by atoms with Crippen LogP contribution < -0.4 is 24.9 Å². The van der Waals surface area contributed by atoms with E-state index in [0.29, 0.717) is 28.2 Å². The SMILES string of the molecule is COc1ccccc1Oc1coc2cc(OCc3ccc(N([O-])O)cc3)ccc2c1=O. The number of anilines is 1. The third-order valence-electron chi connectivity index (χ3n) is 4.57. The van der Waals surface area contributed by atoms with Gasteiger partial charge in [-0.1, -0.05) is 24.3 Å². The number of hydrogen-bond donors (Lipinski definition) is 1. The van der Waals surface area contributed by atoms with E-state index in [4.69, 9.17) is 23.8 Å². The molecule has 8 heteroatoms. The van der Waals surface area contributed by atoms with Gasteiger partial charge in [0, 0.05) is 6.07 Å². The maximum Gasteiger partial charge on any atom is 0.235 e. The van der Waals surface area contributed by atoms with Gasteiger partial charge in [-0.25, -0.2) is 0 Å². The molecule has 8 nitrogen and oxygen atoms in total. The highest BCUT2D eigenvalue weighted by Crippen LogP contribution is 2.30. The van der Waals surface area contributed by atoms with Gasteiger partial charge in [0.05, 0.1) is 18.2 Å². The Morgan fingerprint density at radius 2 is 1.74 bits per heavy atom. The molecule has 31 heavy (non-hydrogen) atoms. The summed E-state index contributed by atoms with van der Waals surface area (Å²) in [7, 11) is 1.52. The molecule has 0 aliphatic rings. The van der Waals surface area contributed by atoms with Gasteiger partial charge in [0.15, 0.2) is 11.5 Å². The summed E-state index contributed by atoms with van der Waals surface area (Å²) < 4.78 is 22.3. The van der Waals surface area contributed by atoms with Gasteiger partial charge in [-0.2, -0.15) is 0 Å². The summed E-state index contributed by atoms with van der Waals surface area (Å²) in [5, 5.41) is 19.8. The molecule has 0 atom stereocenters. The minimum Gasteiger partial charge on any atom is -0.733 e. The first-order valence-electron chi connectivity index (χ1n) is 9.29. The summed E-state index contributed by atoms with van der Waals surface area (Å²) in [6.45, 7) is 0.231. The molecule has 0 unspecified atom stereocenters. The van der Waals surface area contributed by atoms with Crippen LogP contribution in [0.4, 0.5) is 5.69 Å². The number of nitrogens with zero attached hydrogens (tertiary/aromatic N) is 1. The Morgan fingerprint density at radius 3 is 2.45 bits per heavy atom.